The Morgan fingerprint density at radius 3 is 2.68 bits per heavy atom. The third-order valence-electron chi connectivity index (χ3n) is 3.85. The Labute approximate surface area is 136 Å². The third-order valence-corrected chi connectivity index (χ3v) is 3.85. The van der Waals surface area contributed by atoms with E-state index in [1.807, 2.05) is 41.3 Å². The van der Waals surface area contributed by atoms with Crippen LogP contribution in [0.25, 0.3) is 0 Å². The van der Waals surface area contributed by atoms with E-state index in [1.54, 1.807) is 0 Å². The van der Waals surface area contributed by atoms with Crippen molar-refractivity contribution in [3.63, 3.8) is 0 Å². The van der Waals surface area contributed by atoms with E-state index in [-0.39, 0.29) is 30.3 Å². The molecule has 0 bridgehead atoms. The number of halogens is 1. The average Bonchev–Trinajstić information content (AvgIpc) is 3.17. The fraction of sp³-hybridized carbons (Fsp3) is 0.375. The van der Waals surface area contributed by atoms with Gasteiger partial charge in [0.15, 0.2) is 0 Å². The van der Waals surface area contributed by atoms with Crippen molar-refractivity contribution in [1.82, 2.24) is 10.6 Å². The first-order chi connectivity index (χ1) is 10.2. The van der Waals surface area contributed by atoms with Crippen molar-refractivity contribution in [3.05, 3.63) is 42.0 Å². The zero-order chi connectivity index (χ0) is 14.7. The highest BCUT2D eigenvalue weighted by Gasteiger charge is 2.21. The number of nitrogens with zero attached hydrogens (tertiary/aromatic N) is 1. The number of anilines is 1. The van der Waals surface area contributed by atoms with Crippen LogP contribution in [0.15, 0.2) is 36.4 Å². The molecule has 2 N–H and O–H groups in total. The minimum atomic E-state index is -0.216. The van der Waals surface area contributed by atoms with Gasteiger partial charge in [-0.2, -0.15) is 0 Å². The van der Waals surface area contributed by atoms with Gasteiger partial charge in [0.1, 0.15) is 6.04 Å². The molecule has 1 aromatic carbocycles. The molecule has 1 unspecified atom stereocenters. The van der Waals surface area contributed by atoms with E-state index >= 15 is 0 Å². The number of benzene rings is 1. The first kappa shape index (κ1) is 16.5. The maximum atomic E-state index is 11.9. The summed E-state index contributed by atoms with van der Waals surface area (Å²) in [6, 6.07) is 7.58. The van der Waals surface area contributed by atoms with Crippen LogP contribution < -0.4 is 15.5 Å². The lowest BCUT2D eigenvalue weighted by atomic mass is 10.2. The second-order valence-corrected chi connectivity index (χ2v) is 5.35. The van der Waals surface area contributed by atoms with Crippen LogP contribution in [0.5, 0.6) is 0 Å². The van der Waals surface area contributed by atoms with Crippen molar-refractivity contribution >= 4 is 29.9 Å². The lowest BCUT2D eigenvalue weighted by molar-refractivity contribution is -0.122. The Morgan fingerprint density at radius 2 is 2.09 bits per heavy atom. The first-order valence-corrected chi connectivity index (χ1v) is 7.31. The van der Waals surface area contributed by atoms with Crippen molar-refractivity contribution in [3.8, 4) is 0 Å². The Morgan fingerprint density at radius 1 is 1.32 bits per heavy atom. The fourth-order valence-electron chi connectivity index (χ4n) is 2.66. The van der Waals surface area contributed by atoms with Gasteiger partial charge in [-0.25, -0.2) is 0 Å². The number of hydrogen-bond donors (Lipinski definition) is 2. The molecule has 1 saturated heterocycles. The Balaban J connectivity index is 0.00000176. The Hall–Kier alpha value is -1.85. The van der Waals surface area contributed by atoms with Crippen LogP contribution in [0.2, 0.25) is 0 Å². The van der Waals surface area contributed by atoms with E-state index in [0.29, 0.717) is 13.0 Å². The lowest BCUT2D eigenvalue weighted by Gasteiger charge is -2.16. The van der Waals surface area contributed by atoms with Crippen molar-refractivity contribution in [2.24, 2.45) is 0 Å². The molecule has 2 amide bonds. The van der Waals surface area contributed by atoms with Gasteiger partial charge >= 0.3 is 0 Å². The summed E-state index contributed by atoms with van der Waals surface area (Å²) in [6.45, 7) is 2.05. The SMILES string of the molecule is Cl.O=C(NCc1ccc(N2CCCC2=O)cc1)C1C=CCN1. The molecule has 1 aromatic rings. The molecule has 2 aliphatic heterocycles. The molecule has 22 heavy (non-hydrogen) atoms. The van der Waals surface area contributed by atoms with Gasteiger partial charge < -0.3 is 10.2 Å². The van der Waals surface area contributed by atoms with Gasteiger partial charge in [0.2, 0.25) is 11.8 Å². The van der Waals surface area contributed by atoms with Crippen LogP contribution in [0.1, 0.15) is 18.4 Å². The van der Waals surface area contributed by atoms with Crippen molar-refractivity contribution < 1.29 is 9.59 Å². The molecule has 2 aliphatic rings. The molecule has 118 valence electrons. The molecule has 6 heteroatoms. The maximum Gasteiger partial charge on any atom is 0.241 e. The number of amides is 2. The standard InChI is InChI=1S/C16H19N3O2.ClH/c20-15-4-2-10-19(15)13-7-5-12(6-8-13)11-18-16(21)14-3-1-9-17-14;/h1,3,5-8,14,17H,2,4,9-11H2,(H,18,21);1H. The van der Waals surface area contributed by atoms with E-state index in [1.165, 1.54) is 0 Å². The van der Waals surface area contributed by atoms with Gasteiger partial charge in [-0.15, -0.1) is 12.4 Å². The summed E-state index contributed by atoms with van der Waals surface area (Å²) in [4.78, 5) is 25.4. The minimum absolute atomic E-state index is 0. The van der Waals surface area contributed by atoms with E-state index in [4.69, 9.17) is 0 Å². The van der Waals surface area contributed by atoms with Crippen molar-refractivity contribution in [2.45, 2.75) is 25.4 Å². The lowest BCUT2D eigenvalue weighted by Crippen LogP contribution is -2.40. The smallest absolute Gasteiger partial charge is 0.241 e. The monoisotopic (exact) mass is 321 g/mol. The van der Waals surface area contributed by atoms with Gasteiger partial charge in [0, 0.05) is 31.7 Å². The quantitative estimate of drug-likeness (QED) is 0.824. The summed E-state index contributed by atoms with van der Waals surface area (Å²) in [6.07, 6.45) is 5.39. The molecule has 2 heterocycles. The molecule has 0 aromatic heterocycles. The van der Waals surface area contributed by atoms with Crippen molar-refractivity contribution in [2.75, 3.05) is 18.0 Å². The Kier molecular flexibility index (Phi) is 5.57. The molecule has 1 fully saturated rings. The van der Waals surface area contributed by atoms with E-state index in [0.717, 1.165) is 30.8 Å². The maximum absolute atomic E-state index is 11.9. The molecule has 0 radical (unpaired) electrons. The molecular formula is C16H20ClN3O2. The topological polar surface area (TPSA) is 61.4 Å². The number of hydrogen-bond acceptors (Lipinski definition) is 3. The van der Waals surface area contributed by atoms with Crippen LogP contribution in [0.4, 0.5) is 5.69 Å². The summed E-state index contributed by atoms with van der Waals surface area (Å²) in [5, 5.41) is 5.98. The van der Waals surface area contributed by atoms with Crippen LogP contribution in [0, 0.1) is 0 Å². The van der Waals surface area contributed by atoms with Gasteiger partial charge in [-0.3, -0.25) is 14.9 Å². The van der Waals surface area contributed by atoms with Crippen LogP contribution in [-0.2, 0) is 16.1 Å². The van der Waals surface area contributed by atoms with Gasteiger partial charge in [0.25, 0.3) is 0 Å². The predicted molar refractivity (Wildman–Crippen MR) is 88.1 cm³/mol. The highest BCUT2D eigenvalue weighted by Crippen LogP contribution is 2.21. The van der Waals surface area contributed by atoms with E-state index in [2.05, 4.69) is 10.6 Å². The minimum Gasteiger partial charge on any atom is -0.350 e. The number of nitrogens with one attached hydrogen (secondary N) is 2. The van der Waals surface area contributed by atoms with E-state index in [9.17, 15) is 9.59 Å². The summed E-state index contributed by atoms with van der Waals surface area (Å²) >= 11 is 0. The molecule has 0 saturated carbocycles. The fourth-order valence-corrected chi connectivity index (χ4v) is 2.66. The van der Waals surface area contributed by atoms with Gasteiger partial charge in [0.05, 0.1) is 0 Å². The van der Waals surface area contributed by atoms with Gasteiger partial charge in [-0.1, -0.05) is 24.3 Å². The number of carbonyl (C=O) groups excluding carboxylic acids is 2. The molecular weight excluding hydrogens is 302 g/mol. The summed E-state index contributed by atoms with van der Waals surface area (Å²) < 4.78 is 0. The zero-order valence-corrected chi connectivity index (χ0v) is 13.1. The predicted octanol–water partition coefficient (Wildman–Crippen LogP) is 1.38. The molecule has 3 rings (SSSR count). The second kappa shape index (κ2) is 7.42. The zero-order valence-electron chi connectivity index (χ0n) is 12.2. The summed E-state index contributed by atoms with van der Waals surface area (Å²) in [5.74, 6) is 0.178. The molecule has 1 atom stereocenters. The van der Waals surface area contributed by atoms with Crippen molar-refractivity contribution in [1.29, 1.82) is 0 Å². The summed E-state index contributed by atoms with van der Waals surface area (Å²) in [7, 11) is 0. The van der Waals surface area contributed by atoms with Gasteiger partial charge in [-0.05, 0) is 24.1 Å². The largest absolute Gasteiger partial charge is 0.350 e. The van der Waals surface area contributed by atoms with Crippen LogP contribution >= 0.6 is 12.4 Å². The number of rotatable bonds is 4. The molecule has 0 aliphatic carbocycles. The highest BCUT2D eigenvalue weighted by atomic mass is 35.5. The first-order valence-electron chi connectivity index (χ1n) is 7.31. The molecule has 0 spiro atoms. The number of carbonyl (C=O) groups is 2. The summed E-state index contributed by atoms with van der Waals surface area (Å²) in [5.41, 5.74) is 1.97. The van der Waals surface area contributed by atoms with Crippen LogP contribution in [-0.4, -0.2) is 30.9 Å². The van der Waals surface area contributed by atoms with Crippen LogP contribution in [0.3, 0.4) is 0 Å². The highest BCUT2D eigenvalue weighted by molar-refractivity contribution is 5.95. The second-order valence-electron chi connectivity index (χ2n) is 5.35. The normalized spacial score (nSPS) is 20.1. The Bertz CT molecular complexity index is 571. The average molecular weight is 322 g/mol. The molecule has 5 nitrogen and oxygen atoms in total. The van der Waals surface area contributed by atoms with E-state index < -0.39 is 0 Å². The third kappa shape index (κ3) is 3.67.